The number of amides is 1. The Bertz CT molecular complexity index is 1130. The summed E-state index contributed by atoms with van der Waals surface area (Å²) in [5.41, 5.74) is 2.39. The van der Waals surface area contributed by atoms with Crippen LogP contribution in [0.1, 0.15) is 12.5 Å². The van der Waals surface area contributed by atoms with Crippen molar-refractivity contribution in [1.82, 2.24) is 15.0 Å². The molecule has 10 nitrogen and oxygen atoms in total. The fourth-order valence-corrected chi connectivity index (χ4v) is 3.31. The van der Waals surface area contributed by atoms with E-state index in [2.05, 4.69) is 20.3 Å². The first-order valence-electron chi connectivity index (χ1n) is 8.77. The Hall–Kier alpha value is -3.31. The lowest BCUT2D eigenvalue weighted by atomic mass is 10.1. The van der Waals surface area contributed by atoms with E-state index in [1.165, 1.54) is 24.5 Å². The predicted octanol–water partition coefficient (Wildman–Crippen LogP) is 1.83. The number of anilines is 2. The van der Waals surface area contributed by atoms with Gasteiger partial charge in [0.1, 0.15) is 11.3 Å². The quantitative estimate of drug-likeness (QED) is 0.527. The highest BCUT2D eigenvalue weighted by Crippen LogP contribution is 2.24. The number of fused-ring (bicyclic) bond motifs is 1. The first-order chi connectivity index (χ1) is 13.8. The number of benzene rings is 1. The van der Waals surface area contributed by atoms with Gasteiger partial charge in [0, 0.05) is 31.5 Å². The summed E-state index contributed by atoms with van der Waals surface area (Å²) >= 11 is 0. The van der Waals surface area contributed by atoms with Crippen LogP contribution in [0, 0.1) is 0 Å². The fourth-order valence-electron chi connectivity index (χ4n) is 2.80. The van der Waals surface area contributed by atoms with Crippen LogP contribution < -0.4 is 15.4 Å². The number of sulfonamides is 1. The normalized spacial score (nSPS) is 11.4. The smallest absolute Gasteiger partial charge is 0.413 e. The van der Waals surface area contributed by atoms with Crippen LogP contribution >= 0.6 is 0 Å². The molecule has 11 heteroatoms. The third-order valence-electron chi connectivity index (χ3n) is 4.23. The van der Waals surface area contributed by atoms with Gasteiger partial charge in [0.25, 0.3) is 0 Å². The van der Waals surface area contributed by atoms with Crippen molar-refractivity contribution >= 4 is 38.8 Å². The summed E-state index contributed by atoms with van der Waals surface area (Å²) in [6.07, 6.45) is 2.52. The molecule has 152 valence electrons. The highest BCUT2D eigenvalue weighted by atomic mass is 32.2. The Morgan fingerprint density at radius 1 is 1.21 bits per heavy atom. The van der Waals surface area contributed by atoms with Crippen LogP contribution in [-0.4, -0.2) is 47.7 Å². The first-order valence-corrected chi connectivity index (χ1v) is 10.3. The molecule has 2 heterocycles. The maximum absolute atomic E-state index is 11.5. The zero-order valence-electron chi connectivity index (χ0n) is 15.6. The molecule has 0 unspecified atom stereocenters. The van der Waals surface area contributed by atoms with Gasteiger partial charge in [-0.2, -0.15) is 0 Å². The molecule has 0 aliphatic carbocycles. The van der Waals surface area contributed by atoms with Crippen molar-refractivity contribution in [2.75, 3.05) is 23.3 Å². The van der Waals surface area contributed by atoms with E-state index in [-0.39, 0.29) is 17.3 Å². The molecule has 0 fully saturated rings. The van der Waals surface area contributed by atoms with Crippen LogP contribution in [0.2, 0.25) is 0 Å². The van der Waals surface area contributed by atoms with E-state index in [9.17, 15) is 18.3 Å². The summed E-state index contributed by atoms with van der Waals surface area (Å²) in [4.78, 5) is 25.4. The van der Waals surface area contributed by atoms with Crippen LogP contribution in [0.15, 0.2) is 47.6 Å². The molecule has 29 heavy (non-hydrogen) atoms. The van der Waals surface area contributed by atoms with E-state index in [0.717, 1.165) is 10.5 Å². The number of aromatic nitrogens is 3. The molecule has 3 rings (SSSR count). The van der Waals surface area contributed by atoms with Crippen LogP contribution in [-0.2, 0) is 16.4 Å². The molecule has 0 aliphatic rings. The molecule has 2 aromatic heterocycles. The highest BCUT2D eigenvalue weighted by molar-refractivity contribution is 7.89. The molecular formula is C18H20N6O4S. The van der Waals surface area contributed by atoms with Gasteiger partial charge in [0.2, 0.25) is 10.0 Å². The number of nitrogens with zero attached hydrogens (tertiary/aromatic N) is 4. The van der Waals surface area contributed by atoms with Crippen LogP contribution in [0.4, 0.5) is 16.3 Å². The molecule has 1 amide bonds. The summed E-state index contributed by atoms with van der Waals surface area (Å²) in [6, 6.07) is 7.93. The van der Waals surface area contributed by atoms with Crippen molar-refractivity contribution in [3.05, 3.63) is 48.3 Å². The number of carboxylic acid groups (broad SMARTS) is 1. The molecule has 0 saturated heterocycles. The number of hydrogen-bond donors (Lipinski definition) is 3. The summed E-state index contributed by atoms with van der Waals surface area (Å²) in [6.45, 7) is 2.46. The number of nitrogens with two attached hydrogens (primary N) is 1. The number of primary sulfonamides is 1. The van der Waals surface area contributed by atoms with E-state index in [4.69, 9.17) is 5.14 Å². The maximum atomic E-state index is 11.5. The highest BCUT2D eigenvalue weighted by Gasteiger charge is 2.17. The summed E-state index contributed by atoms with van der Waals surface area (Å²) in [7, 11) is -3.72. The first kappa shape index (κ1) is 20.4. The van der Waals surface area contributed by atoms with E-state index in [1.54, 1.807) is 25.1 Å². The molecular weight excluding hydrogens is 396 g/mol. The second-order valence-electron chi connectivity index (χ2n) is 6.15. The molecule has 0 atom stereocenters. The number of hydrogen-bond acceptors (Lipinski definition) is 7. The van der Waals surface area contributed by atoms with E-state index in [0.29, 0.717) is 29.8 Å². The van der Waals surface area contributed by atoms with Crippen molar-refractivity contribution in [3.63, 3.8) is 0 Å². The SMILES string of the molecule is CCN(C(=O)O)c1cc(NCCc2ccc(S(N)(=O)=O)cc2)c2nccnc2n1. The standard InChI is InChI=1S/C18H20N6O4S/c1-2-24(18(25)26)15-11-14(16-17(23-15)22-10-9-21-16)20-8-7-12-3-5-13(6-4-12)29(19,27)28/h3-6,9-11H,2,7-8H2,1H3,(H,25,26)(H2,19,27,28)(H,20,22,23). The zero-order chi connectivity index (χ0) is 21.0. The Morgan fingerprint density at radius 3 is 2.52 bits per heavy atom. The lowest BCUT2D eigenvalue weighted by Crippen LogP contribution is -2.29. The van der Waals surface area contributed by atoms with Crippen LogP contribution in [0.25, 0.3) is 11.2 Å². The van der Waals surface area contributed by atoms with E-state index in [1.807, 2.05) is 0 Å². The fraction of sp³-hybridized carbons (Fsp3) is 0.222. The number of nitrogens with one attached hydrogen (secondary N) is 1. The van der Waals surface area contributed by atoms with E-state index < -0.39 is 16.1 Å². The molecule has 0 bridgehead atoms. The number of rotatable bonds is 7. The summed E-state index contributed by atoms with van der Waals surface area (Å²) in [5.74, 6) is 0.257. The lowest BCUT2D eigenvalue weighted by Gasteiger charge is -2.18. The average molecular weight is 416 g/mol. The van der Waals surface area contributed by atoms with Gasteiger partial charge >= 0.3 is 6.09 Å². The van der Waals surface area contributed by atoms with Gasteiger partial charge in [-0.3, -0.25) is 4.90 Å². The number of pyridine rings is 1. The average Bonchev–Trinajstić information content (AvgIpc) is 2.68. The van der Waals surface area contributed by atoms with Crippen molar-refractivity contribution in [2.45, 2.75) is 18.2 Å². The molecule has 0 aliphatic heterocycles. The van der Waals surface area contributed by atoms with Crippen molar-refractivity contribution in [1.29, 1.82) is 0 Å². The van der Waals surface area contributed by atoms with Gasteiger partial charge in [0.15, 0.2) is 5.65 Å². The zero-order valence-corrected chi connectivity index (χ0v) is 16.4. The molecule has 0 radical (unpaired) electrons. The summed E-state index contributed by atoms with van der Waals surface area (Å²) in [5, 5.41) is 17.7. The van der Waals surface area contributed by atoms with Crippen LogP contribution in [0.5, 0.6) is 0 Å². The lowest BCUT2D eigenvalue weighted by molar-refractivity contribution is 0.202. The Balaban J connectivity index is 1.81. The summed E-state index contributed by atoms with van der Waals surface area (Å²) < 4.78 is 22.7. The van der Waals surface area contributed by atoms with Gasteiger partial charge in [-0.05, 0) is 31.0 Å². The molecule has 1 aromatic carbocycles. The minimum Gasteiger partial charge on any atom is -0.465 e. The number of carbonyl (C=O) groups is 1. The van der Waals surface area contributed by atoms with Gasteiger partial charge in [-0.1, -0.05) is 12.1 Å². The monoisotopic (exact) mass is 416 g/mol. The third kappa shape index (κ3) is 4.76. The van der Waals surface area contributed by atoms with Gasteiger partial charge in [-0.25, -0.2) is 33.3 Å². The third-order valence-corrected chi connectivity index (χ3v) is 5.16. The van der Waals surface area contributed by atoms with Gasteiger partial charge in [0.05, 0.1) is 10.6 Å². The van der Waals surface area contributed by atoms with Crippen molar-refractivity contribution in [2.24, 2.45) is 5.14 Å². The second kappa shape index (κ2) is 8.37. The predicted molar refractivity (Wildman–Crippen MR) is 108 cm³/mol. The van der Waals surface area contributed by atoms with Gasteiger partial charge < -0.3 is 10.4 Å². The molecule has 0 spiro atoms. The topological polar surface area (TPSA) is 151 Å². The van der Waals surface area contributed by atoms with E-state index >= 15 is 0 Å². The van der Waals surface area contributed by atoms with Crippen molar-refractivity contribution < 1.29 is 18.3 Å². The molecule has 4 N–H and O–H groups in total. The Morgan fingerprint density at radius 2 is 1.90 bits per heavy atom. The second-order valence-corrected chi connectivity index (χ2v) is 7.71. The van der Waals surface area contributed by atoms with Gasteiger partial charge in [-0.15, -0.1) is 0 Å². The Kier molecular flexibility index (Phi) is 5.89. The largest absolute Gasteiger partial charge is 0.465 e. The Labute approximate surface area is 167 Å². The molecule has 3 aromatic rings. The van der Waals surface area contributed by atoms with Crippen LogP contribution in [0.3, 0.4) is 0 Å². The minimum atomic E-state index is -3.72. The molecule has 0 saturated carbocycles. The minimum absolute atomic E-state index is 0.0579. The van der Waals surface area contributed by atoms with Crippen molar-refractivity contribution in [3.8, 4) is 0 Å². The maximum Gasteiger partial charge on any atom is 0.413 e.